The molecule has 0 spiro atoms. The lowest BCUT2D eigenvalue weighted by Gasteiger charge is -2.13. The Kier molecular flexibility index (Phi) is 6.07. The Morgan fingerprint density at radius 2 is 2.13 bits per heavy atom. The summed E-state index contributed by atoms with van der Waals surface area (Å²) in [4.78, 5) is 9.74. The van der Waals surface area contributed by atoms with E-state index in [9.17, 15) is 0 Å². The molecule has 5 nitrogen and oxygen atoms in total. The molecular weight excluding hydrogens is 332 g/mol. The zero-order chi connectivity index (χ0) is 16.9. The predicted molar refractivity (Wildman–Crippen MR) is 96.4 cm³/mol. The van der Waals surface area contributed by atoms with E-state index >= 15 is 0 Å². The van der Waals surface area contributed by atoms with Crippen molar-refractivity contribution >= 4 is 28.9 Å². The summed E-state index contributed by atoms with van der Waals surface area (Å²) >= 11 is 7.53. The van der Waals surface area contributed by atoms with E-state index in [1.54, 1.807) is 24.6 Å². The van der Waals surface area contributed by atoms with Crippen LogP contribution >= 0.6 is 22.9 Å². The standard InChI is InChI=1S/C16H23ClN4OS/c1-16(2,3)12-9-20-14(22-12)10-21-15(18-4)19-8-7-11-5-6-13(17)23-11/h5-6,9H,7-8,10H2,1-4H3,(H2,18,19,21). The normalized spacial score (nSPS) is 12.5. The summed E-state index contributed by atoms with van der Waals surface area (Å²) in [5, 5.41) is 6.47. The van der Waals surface area contributed by atoms with Crippen LogP contribution in [0.1, 0.15) is 37.3 Å². The Morgan fingerprint density at radius 1 is 1.35 bits per heavy atom. The van der Waals surface area contributed by atoms with Gasteiger partial charge in [-0.2, -0.15) is 0 Å². The Labute approximate surface area is 146 Å². The van der Waals surface area contributed by atoms with Gasteiger partial charge in [0.2, 0.25) is 5.89 Å². The van der Waals surface area contributed by atoms with Gasteiger partial charge in [0.15, 0.2) is 5.96 Å². The minimum Gasteiger partial charge on any atom is -0.443 e. The third-order valence-corrected chi connectivity index (χ3v) is 4.51. The molecule has 0 saturated heterocycles. The first kappa shape index (κ1) is 17.8. The number of nitrogens with zero attached hydrogens (tertiary/aromatic N) is 2. The molecule has 23 heavy (non-hydrogen) atoms. The van der Waals surface area contributed by atoms with Crippen molar-refractivity contribution in [2.45, 2.75) is 39.2 Å². The van der Waals surface area contributed by atoms with Crippen molar-refractivity contribution in [1.82, 2.24) is 15.6 Å². The summed E-state index contributed by atoms with van der Waals surface area (Å²) in [5.41, 5.74) is -0.0346. The van der Waals surface area contributed by atoms with Crippen LogP contribution in [-0.2, 0) is 18.4 Å². The van der Waals surface area contributed by atoms with Crippen LogP contribution in [0.2, 0.25) is 4.34 Å². The molecule has 0 aliphatic heterocycles. The fraction of sp³-hybridized carbons (Fsp3) is 0.500. The van der Waals surface area contributed by atoms with E-state index in [0.717, 1.165) is 29.0 Å². The van der Waals surface area contributed by atoms with Gasteiger partial charge in [0, 0.05) is 23.9 Å². The first-order valence-corrected chi connectivity index (χ1v) is 8.72. The number of halogens is 1. The largest absolute Gasteiger partial charge is 0.443 e. The minimum atomic E-state index is -0.0346. The van der Waals surface area contributed by atoms with E-state index in [0.29, 0.717) is 12.4 Å². The molecule has 0 aliphatic rings. The fourth-order valence-corrected chi connectivity index (χ4v) is 3.00. The second-order valence-corrected chi connectivity index (χ2v) is 7.98. The van der Waals surface area contributed by atoms with E-state index in [-0.39, 0.29) is 5.41 Å². The third-order valence-electron chi connectivity index (χ3n) is 3.22. The number of aromatic nitrogens is 1. The van der Waals surface area contributed by atoms with E-state index < -0.39 is 0 Å². The summed E-state index contributed by atoms with van der Waals surface area (Å²) in [6.07, 6.45) is 2.69. The molecule has 0 aromatic carbocycles. The maximum Gasteiger partial charge on any atom is 0.213 e. The van der Waals surface area contributed by atoms with Crippen LogP contribution in [-0.4, -0.2) is 24.5 Å². The molecule has 0 bridgehead atoms. The Balaban J connectivity index is 1.77. The zero-order valence-corrected chi connectivity index (χ0v) is 15.5. The van der Waals surface area contributed by atoms with Crippen molar-refractivity contribution in [3.63, 3.8) is 0 Å². The SMILES string of the molecule is CN=C(NCCc1ccc(Cl)s1)NCc1ncc(C(C)(C)C)o1. The molecule has 0 amide bonds. The van der Waals surface area contributed by atoms with E-state index in [4.69, 9.17) is 16.0 Å². The van der Waals surface area contributed by atoms with Crippen LogP contribution in [0.3, 0.4) is 0 Å². The van der Waals surface area contributed by atoms with Gasteiger partial charge >= 0.3 is 0 Å². The van der Waals surface area contributed by atoms with Crippen LogP contribution in [0.15, 0.2) is 27.7 Å². The van der Waals surface area contributed by atoms with Crippen LogP contribution in [0.5, 0.6) is 0 Å². The van der Waals surface area contributed by atoms with Gasteiger partial charge < -0.3 is 15.1 Å². The maximum absolute atomic E-state index is 5.93. The Hall–Kier alpha value is -1.53. The molecule has 0 atom stereocenters. The topological polar surface area (TPSA) is 62.5 Å². The van der Waals surface area contributed by atoms with E-state index in [1.165, 1.54) is 4.88 Å². The quantitative estimate of drug-likeness (QED) is 0.636. The summed E-state index contributed by atoms with van der Waals surface area (Å²) in [5.74, 6) is 2.26. The molecule has 2 N–H and O–H groups in total. The molecule has 2 aromatic rings. The lowest BCUT2D eigenvalue weighted by molar-refractivity contribution is 0.379. The van der Waals surface area contributed by atoms with Crippen LogP contribution in [0.25, 0.3) is 0 Å². The molecule has 7 heteroatoms. The molecule has 126 valence electrons. The molecule has 2 heterocycles. The second-order valence-electron chi connectivity index (χ2n) is 6.18. The van der Waals surface area contributed by atoms with Crippen LogP contribution in [0.4, 0.5) is 0 Å². The lowest BCUT2D eigenvalue weighted by Crippen LogP contribution is -2.37. The van der Waals surface area contributed by atoms with Crippen molar-refractivity contribution in [1.29, 1.82) is 0 Å². The highest BCUT2D eigenvalue weighted by atomic mass is 35.5. The predicted octanol–water partition coefficient (Wildman–Crippen LogP) is 3.59. The van der Waals surface area contributed by atoms with E-state index in [2.05, 4.69) is 41.4 Å². The van der Waals surface area contributed by atoms with Crippen molar-refractivity contribution in [2.24, 2.45) is 4.99 Å². The first-order valence-electron chi connectivity index (χ1n) is 7.52. The van der Waals surface area contributed by atoms with Crippen LogP contribution < -0.4 is 10.6 Å². The summed E-state index contributed by atoms with van der Waals surface area (Å²) < 4.78 is 6.57. The number of nitrogens with one attached hydrogen (secondary N) is 2. The monoisotopic (exact) mass is 354 g/mol. The molecular formula is C16H23ClN4OS. The van der Waals surface area contributed by atoms with Gasteiger partial charge in [-0.05, 0) is 18.6 Å². The number of rotatable bonds is 5. The molecule has 0 unspecified atom stereocenters. The van der Waals surface area contributed by atoms with Gasteiger partial charge in [-0.15, -0.1) is 11.3 Å². The van der Waals surface area contributed by atoms with Crippen molar-refractivity contribution in [3.05, 3.63) is 39.2 Å². The molecule has 0 radical (unpaired) electrons. The molecule has 0 saturated carbocycles. The molecule has 2 rings (SSSR count). The van der Waals surface area contributed by atoms with Crippen LogP contribution in [0, 0.1) is 0 Å². The molecule has 0 aliphatic carbocycles. The smallest absolute Gasteiger partial charge is 0.213 e. The maximum atomic E-state index is 5.93. The summed E-state index contributed by atoms with van der Waals surface area (Å²) in [6, 6.07) is 3.97. The number of aliphatic imine (C=N–C) groups is 1. The van der Waals surface area contributed by atoms with Crippen molar-refractivity contribution in [2.75, 3.05) is 13.6 Å². The van der Waals surface area contributed by atoms with Gasteiger partial charge in [-0.1, -0.05) is 32.4 Å². The van der Waals surface area contributed by atoms with Crippen molar-refractivity contribution < 1.29 is 4.42 Å². The highest BCUT2D eigenvalue weighted by Crippen LogP contribution is 2.22. The number of guanidine groups is 1. The molecule has 2 aromatic heterocycles. The summed E-state index contributed by atoms with van der Waals surface area (Å²) in [6.45, 7) is 7.59. The van der Waals surface area contributed by atoms with Crippen molar-refractivity contribution in [3.8, 4) is 0 Å². The lowest BCUT2D eigenvalue weighted by atomic mass is 9.94. The number of oxazole rings is 1. The average Bonchev–Trinajstić information content (AvgIpc) is 3.11. The fourth-order valence-electron chi connectivity index (χ4n) is 1.91. The number of thiophene rings is 1. The minimum absolute atomic E-state index is 0.0346. The number of hydrogen-bond acceptors (Lipinski definition) is 4. The summed E-state index contributed by atoms with van der Waals surface area (Å²) in [7, 11) is 1.74. The van der Waals surface area contributed by atoms with Gasteiger partial charge in [0.25, 0.3) is 0 Å². The second kappa shape index (κ2) is 7.84. The highest BCUT2D eigenvalue weighted by molar-refractivity contribution is 7.16. The average molecular weight is 355 g/mol. The van der Waals surface area contributed by atoms with Gasteiger partial charge in [-0.25, -0.2) is 4.98 Å². The zero-order valence-electron chi connectivity index (χ0n) is 13.9. The van der Waals surface area contributed by atoms with Gasteiger partial charge in [0.1, 0.15) is 5.76 Å². The number of hydrogen-bond donors (Lipinski definition) is 2. The van der Waals surface area contributed by atoms with Gasteiger partial charge in [0.05, 0.1) is 17.1 Å². The Morgan fingerprint density at radius 3 is 2.70 bits per heavy atom. The third kappa shape index (κ3) is 5.55. The highest BCUT2D eigenvalue weighted by Gasteiger charge is 2.19. The first-order chi connectivity index (χ1) is 10.9. The van der Waals surface area contributed by atoms with Gasteiger partial charge in [-0.3, -0.25) is 4.99 Å². The Bertz CT molecular complexity index is 657. The molecule has 0 fully saturated rings. The van der Waals surface area contributed by atoms with E-state index in [1.807, 2.05) is 12.1 Å².